The highest BCUT2D eigenvalue weighted by Crippen LogP contribution is 2.36. The molecule has 1 aromatic rings. The number of anilines is 1. The van der Waals surface area contributed by atoms with Crippen molar-refractivity contribution in [3.8, 4) is 0 Å². The van der Waals surface area contributed by atoms with E-state index in [-0.39, 0.29) is 18.2 Å². The van der Waals surface area contributed by atoms with Gasteiger partial charge in [-0.25, -0.2) is 0 Å². The van der Waals surface area contributed by atoms with E-state index in [0.29, 0.717) is 11.3 Å². The van der Waals surface area contributed by atoms with Gasteiger partial charge in [-0.05, 0) is 43.9 Å². The highest BCUT2D eigenvalue weighted by Gasteiger charge is 2.40. The van der Waals surface area contributed by atoms with Crippen LogP contribution in [0.4, 0.5) is 5.69 Å². The van der Waals surface area contributed by atoms with E-state index in [1.165, 1.54) is 4.90 Å². The van der Waals surface area contributed by atoms with Crippen LogP contribution in [0.25, 0.3) is 0 Å². The Bertz CT molecular complexity index is 614. The van der Waals surface area contributed by atoms with Crippen LogP contribution in [0.1, 0.15) is 34.3 Å². The Hall–Kier alpha value is -1.97. The average molecular weight is 257 g/mol. The lowest BCUT2D eigenvalue weighted by atomic mass is 10.0. The molecule has 1 amide bonds. The van der Waals surface area contributed by atoms with Gasteiger partial charge in [0.05, 0.1) is 17.8 Å². The van der Waals surface area contributed by atoms with E-state index in [0.717, 1.165) is 24.0 Å². The van der Waals surface area contributed by atoms with Crippen LogP contribution in [-0.2, 0) is 9.59 Å². The van der Waals surface area contributed by atoms with Gasteiger partial charge in [-0.3, -0.25) is 19.3 Å². The molecule has 4 heteroatoms. The van der Waals surface area contributed by atoms with E-state index in [2.05, 4.69) is 0 Å². The molecule has 98 valence electrons. The van der Waals surface area contributed by atoms with E-state index in [4.69, 9.17) is 0 Å². The number of ketones is 2. The normalized spacial score (nSPS) is 17.9. The third-order valence-electron chi connectivity index (χ3n) is 4.00. The van der Waals surface area contributed by atoms with Gasteiger partial charge in [-0.1, -0.05) is 6.07 Å². The first-order chi connectivity index (χ1) is 9.00. The number of hydrogen-bond acceptors (Lipinski definition) is 3. The van der Waals surface area contributed by atoms with E-state index >= 15 is 0 Å². The van der Waals surface area contributed by atoms with Gasteiger partial charge < -0.3 is 0 Å². The van der Waals surface area contributed by atoms with Crippen molar-refractivity contribution in [2.45, 2.75) is 26.7 Å². The molecule has 0 spiro atoms. The summed E-state index contributed by atoms with van der Waals surface area (Å²) in [6.45, 7) is 3.85. The molecule has 1 saturated carbocycles. The molecule has 0 bridgehead atoms. The number of carbonyl (C=O) groups is 3. The number of carbonyl (C=O) groups excluding carboxylic acids is 3. The Labute approximate surface area is 111 Å². The first-order valence-electron chi connectivity index (χ1n) is 6.50. The topological polar surface area (TPSA) is 54.5 Å². The highest BCUT2D eigenvalue weighted by molar-refractivity contribution is 6.52. The molecular weight excluding hydrogens is 242 g/mol. The number of benzene rings is 1. The first-order valence-corrected chi connectivity index (χ1v) is 6.50. The zero-order valence-corrected chi connectivity index (χ0v) is 11.0. The average Bonchev–Trinajstić information content (AvgIpc) is 3.19. The summed E-state index contributed by atoms with van der Waals surface area (Å²) in [7, 11) is 0. The summed E-state index contributed by atoms with van der Waals surface area (Å²) in [5.41, 5.74) is 2.98. The maximum Gasteiger partial charge on any atom is 0.299 e. The highest BCUT2D eigenvalue weighted by atomic mass is 16.2. The Balaban J connectivity index is 2.02. The van der Waals surface area contributed by atoms with Gasteiger partial charge in [-0.15, -0.1) is 0 Å². The van der Waals surface area contributed by atoms with E-state index in [1.807, 2.05) is 19.9 Å². The zero-order chi connectivity index (χ0) is 13.7. The number of amides is 1. The van der Waals surface area contributed by atoms with Crippen molar-refractivity contribution in [2.75, 3.05) is 11.4 Å². The smallest absolute Gasteiger partial charge is 0.297 e. The Kier molecular flexibility index (Phi) is 2.55. The largest absolute Gasteiger partial charge is 0.299 e. The lowest BCUT2D eigenvalue weighted by molar-refractivity contribution is -0.121. The molecule has 3 rings (SSSR count). The fourth-order valence-corrected chi connectivity index (χ4v) is 2.51. The fourth-order valence-electron chi connectivity index (χ4n) is 2.51. The SMILES string of the molecule is Cc1ccc2c(c1C)N(CC(=O)C1CC1)C(=O)C2=O. The zero-order valence-electron chi connectivity index (χ0n) is 11.0. The Morgan fingerprint density at radius 2 is 1.95 bits per heavy atom. The number of hydrogen-bond donors (Lipinski definition) is 0. The third kappa shape index (κ3) is 1.79. The summed E-state index contributed by atoms with van der Waals surface area (Å²) in [6.07, 6.45) is 1.82. The number of fused-ring (bicyclic) bond motifs is 1. The Morgan fingerprint density at radius 3 is 2.58 bits per heavy atom. The number of nitrogens with zero attached hydrogens (tertiary/aromatic N) is 1. The number of rotatable bonds is 3. The molecule has 1 aliphatic heterocycles. The van der Waals surface area contributed by atoms with Gasteiger partial charge in [0.2, 0.25) is 0 Å². The molecule has 19 heavy (non-hydrogen) atoms. The van der Waals surface area contributed by atoms with Gasteiger partial charge in [0.15, 0.2) is 5.78 Å². The lowest BCUT2D eigenvalue weighted by Crippen LogP contribution is -2.35. The van der Waals surface area contributed by atoms with Crippen LogP contribution in [0.2, 0.25) is 0 Å². The van der Waals surface area contributed by atoms with Crippen molar-refractivity contribution in [1.29, 1.82) is 0 Å². The molecule has 1 aromatic carbocycles. The molecule has 1 fully saturated rings. The second-order valence-electron chi connectivity index (χ2n) is 5.36. The van der Waals surface area contributed by atoms with Gasteiger partial charge in [0, 0.05) is 5.92 Å². The van der Waals surface area contributed by atoms with Crippen molar-refractivity contribution >= 4 is 23.2 Å². The van der Waals surface area contributed by atoms with Crippen molar-refractivity contribution < 1.29 is 14.4 Å². The first kappa shape index (κ1) is 12.1. The standard InChI is InChI=1S/C15H15NO3/c1-8-3-6-11-13(9(8)2)16(15(19)14(11)18)7-12(17)10-4-5-10/h3,6,10H,4-5,7H2,1-2H3. The quantitative estimate of drug-likeness (QED) is 0.776. The Morgan fingerprint density at radius 1 is 1.26 bits per heavy atom. The maximum atomic E-state index is 12.0. The van der Waals surface area contributed by atoms with E-state index in [1.54, 1.807) is 6.07 Å². The van der Waals surface area contributed by atoms with Crippen LogP contribution < -0.4 is 4.90 Å². The van der Waals surface area contributed by atoms with E-state index < -0.39 is 11.7 Å². The molecule has 4 nitrogen and oxygen atoms in total. The van der Waals surface area contributed by atoms with Crippen molar-refractivity contribution in [3.05, 3.63) is 28.8 Å². The molecule has 0 N–H and O–H groups in total. The predicted molar refractivity (Wildman–Crippen MR) is 70.3 cm³/mol. The fraction of sp³-hybridized carbons (Fsp3) is 0.400. The van der Waals surface area contributed by atoms with Gasteiger partial charge >= 0.3 is 0 Å². The molecule has 1 aliphatic carbocycles. The molecular formula is C15H15NO3. The van der Waals surface area contributed by atoms with Crippen LogP contribution in [0.15, 0.2) is 12.1 Å². The molecule has 0 radical (unpaired) electrons. The minimum absolute atomic E-state index is 0.0343. The molecule has 1 heterocycles. The van der Waals surface area contributed by atoms with Crippen LogP contribution in [0.5, 0.6) is 0 Å². The third-order valence-corrected chi connectivity index (χ3v) is 4.00. The molecule has 0 aromatic heterocycles. The minimum atomic E-state index is -0.572. The summed E-state index contributed by atoms with van der Waals surface area (Å²) in [4.78, 5) is 37.2. The minimum Gasteiger partial charge on any atom is -0.297 e. The molecule has 2 aliphatic rings. The molecule has 0 unspecified atom stereocenters. The molecule has 0 saturated heterocycles. The second-order valence-corrected chi connectivity index (χ2v) is 5.36. The van der Waals surface area contributed by atoms with Crippen LogP contribution >= 0.6 is 0 Å². The predicted octanol–water partition coefficient (Wildman–Crippen LogP) is 1.81. The van der Waals surface area contributed by atoms with Crippen molar-refractivity contribution in [2.24, 2.45) is 5.92 Å². The summed E-state index contributed by atoms with van der Waals surface area (Å²) >= 11 is 0. The van der Waals surface area contributed by atoms with Gasteiger partial charge in [0.1, 0.15) is 0 Å². The van der Waals surface area contributed by atoms with Crippen molar-refractivity contribution in [1.82, 2.24) is 0 Å². The summed E-state index contributed by atoms with van der Waals surface area (Å²) < 4.78 is 0. The van der Waals surface area contributed by atoms with Crippen molar-refractivity contribution in [3.63, 3.8) is 0 Å². The lowest BCUT2D eigenvalue weighted by Gasteiger charge is -2.18. The second kappa shape index (κ2) is 4.02. The molecule has 0 atom stereocenters. The van der Waals surface area contributed by atoms with Gasteiger partial charge in [0.25, 0.3) is 11.7 Å². The van der Waals surface area contributed by atoms with E-state index in [9.17, 15) is 14.4 Å². The van der Waals surface area contributed by atoms with Crippen LogP contribution in [-0.4, -0.2) is 24.0 Å². The summed E-state index contributed by atoms with van der Waals surface area (Å²) in [6, 6.07) is 3.52. The monoisotopic (exact) mass is 257 g/mol. The van der Waals surface area contributed by atoms with Crippen LogP contribution in [0.3, 0.4) is 0 Å². The van der Waals surface area contributed by atoms with Crippen LogP contribution in [0, 0.1) is 19.8 Å². The summed E-state index contributed by atoms with van der Waals surface area (Å²) in [5, 5.41) is 0. The summed E-state index contributed by atoms with van der Waals surface area (Å²) in [5.74, 6) is -0.911. The maximum absolute atomic E-state index is 12.0. The number of aryl methyl sites for hydroxylation is 1. The van der Waals surface area contributed by atoms with Gasteiger partial charge in [-0.2, -0.15) is 0 Å². The number of Topliss-reactive ketones (excluding diaryl/α,β-unsaturated/α-hetero) is 2.